The van der Waals surface area contributed by atoms with Crippen molar-refractivity contribution in [3.63, 3.8) is 0 Å². The Bertz CT molecular complexity index is 1660. The van der Waals surface area contributed by atoms with E-state index in [1.54, 1.807) is 0 Å². The van der Waals surface area contributed by atoms with Crippen molar-refractivity contribution in [3.05, 3.63) is 163 Å². The number of hydrogen-bond donors (Lipinski definition) is 0. The molecule has 0 spiro atoms. The number of nitrogens with zero attached hydrogens (tertiary/aromatic N) is 2. The van der Waals surface area contributed by atoms with E-state index < -0.39 is 8.07 Å². The van der Waals surface area contributed by atoms with Crippen LogP contribution in [0.1, 0.15) is 11.1 Å². The molecule has 42 heavy (non-hydrogen) atoms. The van der Waals surface area contributed by atoms with Crippen LogP contribution in [0.4, 0.5) is 0 Å². The van der Waals surface area contributed by atoms with E-state index in [1.165, 1.54) is 27.4 Å². The molecule has 0 fully saturated rings. The van der Waals surface area contributed by atoms with Gasteiger partial charge in [-0.1, -0.05) is 98.5 Å². The summed E-state index contributed by atoms with van der Waals surface area (Å²) in [5.41, 5.74) is 9.06. The van der Waals surface area contributed by atoms with Crippen LogP contribution in [0.15, 0.2) is 140 Å². The van der Waals surface area contributed by atoms with Gasteiger partial charge in [0, 0.05) is 32.5 Å². The molecule has 2 nitrogen and oxygen atoms in total. The zero-order valence-corrected chi connectivity index (χ0v) is 27.6. The summed E-state index contributed by atoms with van der Waals surface area (Å²) >= 11 is 0. The van der Waals surface area contributed by atoms with Gasteiger partial charge in [-0.3, -0.25) is 0 Å². The number of aromatic nitrogens is 2. The third-order valence-corrected chi connectivity index (χ3v) is 8.90. The van der Waals surface area contributed by atoms with E-state index in [0.717, 1.165) is 28.9 Å². The zero-order chi connectivity index (χ0) is 28.5. The van der Waals surface area contributed by atoms with Crippen molar-refractivity contribution in [2.75, 3.05) is 0 Å². The average molecular weight is 739 g/mol. The first-order valence-electron chi connectivity index (χ1n) is 14.0. The Morgan fingerprint density at radius 3 is 1.95 bits per heavy atom. The fraction of sp³-hybridized carbons (Fsp3) is 0.105. The second-order valence-electron chi connectivity index (χ2n) is 11.0. The molecule has 1 radical (unpaired) electrons. The van der Waals surface area contributed by atoms with Crippen molar-refractivity contribution in [1.82, 2.24) is 9.97 Å². The first-order valence-corrected chi connectivity index (χ1v) is 17.5. The van der Waals surface area contributed by atoms with E-state index in [1.807, 2.05) is 54.9 Å². The Balaban J connectivity index is 0.000000190. The first kappa shape index (κ1) is 31.0. The molecule has 6 rings (SSSR count). The minimum absolute atomic E-state index is 0. The minimum atomic E-state index is -1.29. The van der Waals surface area contributed by atoms with Crippen LogP contribution in [0.2, 0.25) is 19.6 Å². The number of pyridine rings is 2. The van der Waals surface area contributed by atoms with Gasteiger partial charge < -0.3 is 9.97 Å². The van der Waals surface area contributed by atoms with Crippen LogP contribution in [0.5, 0.6) is 0 Å². The molecule has 6 aromatic rings. The van der Waals surface area contributed by atoms with Gasteiger partial charge in [-0.25, -0.2) is 0 Å². The zero-order valence-electron chi connectivity index (χ0n) is 24.2. The maximum Gasteiger partial charge on any atom is 0.0795 e. The minimum Gasteiger partial charge on any atom is -0.305 e. The summed E-state index contributed by atoms with van der Waals surface area (Å²) in [4.78, 5) is 9.07. The van der Waals surface area contributed by atoms with E-state index >= 15 is 0 Å². The van der Waals surface area contributed by atoms with Gasteiger partial charge in [0.05, 0.1) is 8.07 Å². The third-order valence-electron chi connectivity index (χ3n) is 6.87. The summed E-state index contributed by atoms with van der Waals surface area (Å²) in [5.74, 6) is 0. The van der Waals surface area contributed by atoms with Crippen LogP contribution in [0.25, 0.3) is 33.6 Å². The molecule has 0 N–H and O–H groups in total. The molecule has 0 unspecified atom stereocenters. The summed E-state index contributed by atoms with van der Waals surface area (Å²) in [6, 6.07) is 50.1. The molecule has 0 bridgehead atoms. The van der Waals surface area contributed by atoms with Gasteiger partial charge in [-0.2, -0.15) is 0 Å². The summed E-state index contributed by atoms with van der Waals surface area (Å²) in [6.07, 6.45) is 4.84. The maximum absolute atomic E-state index is 4.65. The van der Waals surface area contributed by atoms with Crippen molar-refractivity contribution in [1.29, 1.82) is 0 Å². The predicted molar refractivity (Wildman–Crippen MR) is 175 cm³/mol. The SMILES string of the molecule is C[Si](C)(C)c1ccc(-c2[c-]ccc(-c3ccccc3)c2)nc1.[Ir].[c-]1ccccc1-c1cc(Cc2ccccc2)ccn1. The van der Waals surface area contributed by atoms with Crippen LogP contribution in [-0.4, -0.2) is 18.0 Å². The predicted octanol–water partition coefficient (Wildman–Crippen LogP) is 8.90. The summed E-state index contributed by atoms with van der Waals surface area (Å²) in [5, 5.41) is 1.38. The largest absolute Gasteiger partial charge is 0.305 e. The van der Waals surface area contributed by atoms with Crippen molar-refractivity contribution in [3.8, 4) is 33.6 Å². The molecular formula is C38H34IrN2Si-2. The number of benzene rings is 4. The van der Waals surface area contributed by atoms with Crippen LogP contribution >= 0.6 is 0 Å². The molecule has 0 aliphatic heterocycles. The Morgan fingerprint density at radius 2 is 1.29 bits per heavy atom. The van der Waals surface area contributed by atoms with Gasteiger partial charge >= 0.3 is 0 Å². The second-order valence-corrected chi connectivity index (χ2v) is 16.1. The molecule has 0 saturated carbocycles. The Kier molecular flexibility index (Phi) is 10.9. The van der Waals surface area contributed by atoms with Crippen molar-refractivity contribution in [2.24, 2.45) is 0 Å². The van der Waals surface area contributed by atoms with E-state index in [-0.39, 0.29) is 20.1 Å². The number of rotatable bonds is 6. The van der Waals surface area contributed by atoms with Gasteiger partial charge in [0.1, 0.15) is 0 Å². The monoisotopic (exact) mass is 739 g/mol. The van der Waals surface area contributed by atoms with Crippen LogP contribution in [0.3, 0.4) is 0 Å². The third kappa shape index (κ3) is 8.53. The second kappa shape index (κ2) is 14.8. The van der Waals surface area contributed by atoms with Crippen molar-refractivity contribution < 1.29 is 20.1 Å². The summed E-state index contributed by atoms with van der Waals surface area (Å²) in [6.45, 7) is 7.02. The molecule has 0 amide bonds. The Hall–Kier alpha value is -3.95. The van der Waals surface area contributed by atoms with Crippen molar-refractivity contribution in [2.45, 2.75) is 26.1 Å². The molecule has 211 valence electrons. The standard InChI is InChI=1S/C20H20NSi.C18H14N.Ir/c1-22(2,3)19-12-13-20(21-15-19)18-11-7-10-17(14-18)16-8-5-4-6-9-16;1-3-7-15(8-4-1)13-16-11-12-19-18(14-16)17-9-5-2-6-10-17;/h4-10,12-15H,1-3H3;1-9,11-12,14H,13H2;/q2*-1;. The summed E-state index contributed by atoms with van der Waals surface area (Å²) < 4.78 is 0. The molecule has 4 heteroatoms. The maximum atomic E-state index is 4.65. The fourth-order valence-corrected chi connectivity index (χ4v) is 5.57. The number of hydrogen-bond acceptors (Lipinski definition) is 2. The quantitative estimate of drug-likeness (QED) is 0.126. The van der Waals surface area contributed by atoms with Gasteiger partial charge in [-0.15, -0.1) is 71.3 Å². The summed E-state index contributed by atoms with van der Waals surface area (Å²) in [7, 11) is -1.29. The Morgan fingerprint density at radius 1 is 0.571 bits per heavy atom. The van der Waals surface area contributed by atoms with Gasteiger partial charge in [0.2, 0.25) is 0 Å². The van der Waals surface area contributed by atoms with E-state index in [9.17, 15) is 0 Å². The van der Waals surface area contributed by atoms with Crippen LogP contribution in [-0.2, 0) is 26.5 Å². The topological polar surface area (TPSA) is 25.8 Å². The molecule has 0 aliphatic rings. The van der Waals surface area contributed by atoms with Gasteiger partial charge in [0.25, 0.3) is 0 Å². The molecule has 0 aliphatic carbocycles. The van der Waals surface area contributed by atoms with Gasteiger partial charge in [-0.05, 0) is 45.8 Å². The smallest absolute Gasteiger partial charge is 0.0795 e. The molecule has 0 saturated heterocycles. The molecule has 0 atom stereocenters. The fourth-order valence-electron chi connectivity index (χ4n) is 4.54. The van der Waals surface area contributed by atoms with E-state index in [0.29, 0.717) is 0 Å². The molecule has 2 heterocycles. The van der Waals surface area contributed by atoms with Crippen molar-refractivity contribution >= 4 is 13.3 Å². The molecular weight excluding hydrogens is 705 g/mol. The molecule has 4 aromatic carbocycles. The normalized spacial score (nSPS) is 10.6. The van der Waals surface area contributed by atoms with Gasteiger partial charge in [0.15, 0.2) is 0 Å². The molecule has 2 aromatic heterocycles. The van der Waals surface area contributed by atoms with Crippen LogP contribution in [0, 0.1) is 12.1 Å². The van der Waals surface area contributed by atoms with E-state index in [2.05, 4.69) is 127 Å². The Labute approximate surface area is 264 Å². The average Bonchev–Trinajstić information content (AvgIpc) is 3.03. The van der Waals surface area contributed by atoms with E-state index in [4.69, 9.17) is 0 Å². The van der Waals surface area contributed by atoms with Crippen LogP contribution < -0.4 is 5.19 Å². The first-order chi connectivity index (χ1) is 20.0.